The molecule has 0 spiro atoms. The van der Waals surface area contributed by atoms with Crippen LogP contribution in [0.2, 0.25) is 0 Å². The zero-order chi connectivity index (χ0) is 20.7. The smallest absolute Gasteiger partial charge is 0.165 e. The Labute approximate surface area is 179 Å². The van der Waals surface area contributed by atoms with Gasteiger partial charge in [-0.2, -0.15) is 5.10 Å². The predicted molar refractivity (Wildman–Crippen MR) is 119 cm³/mol. The molecule has 0 bridgehead atoms. The lowest BCUT2D eigenvalue weighted by atomic mass is 10.1. The maximum Gasteiger partial charge on any atom is 0.165 e. The van der Waals surface area contributed by atoms with Crippen LogP contribution in [0.25, 0.3) is 20.8 Å². The van der Waals surface area contributed by atoms with Crippen LogP contribution in [0, 0.1) is 6.92 Å². The van der Waals surface area contributed by atoms with Gasteiger partial charge in [-0.1, -0.05) is 12.1 Å². The molecule has 5 rings (SSSR count). The molecule has 2 aromatic heterocycles. The second-order valence-corrected chi connectivity index (χ2v) is 8.66. The van der Waals surface area contributed by atoms with E-state index in [9.17, 15) is 0 Å². The summed E-state index contributed by atoms with van der Waals surface area (Å²) < 4.78 is 14.9. The third kappa shape index (κ3) is 3.55. The number of ether oxygens (including phenoxy) is 2. The van der Waals surface area contributed by atoms with Gasteiger partial charge in [0.15, 0.2) is 11.5 Å². The van der Waals surface area contributed by atoms with E-state index in [1.165, 1.54) is 10.3 Å². The molecule has 30 heavy (non-hydrogen) atoms. The van der Waals surface area contributed by atoms with Crippen molar-refractivity contribution in [1.82, 2.24) is 19.7 Å². The van der Waals surface area contributed by atoms with E-state index in [4.69, 9.17) is 14.5 Å². The third-order valence-electron chi connectivity index (χ3n) is 5.45. The molecule has 0 atom stereocenters. The molecular weight excluding hydrogens is 396 g/mol. The molecule has 0 radical (unpaired) electrons. The first-order chi connectivity index (χ1) is 14.6. The number of thiazole rings is 1. The minimum absolute atomic E-state index is 0.628. The third-order valence-corrected chi connectivity index (χ3v) is 6.53. The van der Waals surface area contributed by atoms with Crippen LogP contribution in [0.4, 0.5) is 0 Å². The molecule has 0 saturated heterocycles. The molecule has 0 saturated carbocycles. The Bertz CT molecular complexity index is 1180. The highest BCUT2D eigenvalue weighted by atomic mass is 32.1. The number of aryl methyl sites for hydroxylation is 2. The molecule has 1 aliphatic rings. The van der Waals surface area contributed by atoms with Gasteiger partial charge in [0.05, 0.1) is 23.0 Å². The normalized spacial score (nSPS) is 14.4. The highest BCUT2D eigenvalue weighted by molar-refractivity contribution is 7.21. The van der Waals surface area contributed by atoms with Crippen LogP contribution in [0.15, 0.2) is 42.6 Å². The van der Waals surface area contributed by atoms with Gasteiger partial charge in [-0.25, -0.2) is 4.98 Å². The maximum absolute atomic E-state index is 6.12. The second-order valence-electron chi connectivity index (χ2n) is 7.63. The summed E-state index contributed by atoms with van der Waals surface area (Å²) >= 11 is 1.70. The summed E-state index contributed by atoms with van der Waals surface area (Å²) in [4.78, 5) is 7.23. The number of methoxy groups -OCH3 is 1. The summed E-state index contributed by atoms with van der Waals surface area (Å²) in [7, 11) is 3.66. The molecule has 0 fully saturated rings. The molecule has 0 unspecified atom stereocenters. The first-order valence-corrected chi connectivity index (χ1v) is 10.8. The SMILES string of the molecule is COc1cc(-c2nc3ccccc3s2)cc2c1OCCN(Cc1cn(C)nc1C)C2. The van der Waals surface area contributed by atoms with Gasteiger partial charge in [-0.15, -0.1) is 11.3 Å². The molecular formula is C23H24N4O2S. The molecule has 2 aromatic carbocycles. The zero-order valence-corrected chi connectivity index (χ0v) is 18.2. The molecule has 6 nitrogen and oxygen atoms in total. The summed E-state index contributed by atoms with van der Waals surface area (Å²) in [5.74, 6) is 1.61. The second kappa shape index (κ2) is 7.74. The van der Waals surface area contributed by atoms with Gasteiger partial charge in [-0.05, 0) is 31.2 Å². The Hall–Kier alpha value is -2.90. The summed E-state index contributed by atoms with van der Waals surface area (Å²) in [6.07, 6.45) is 2.10. The average molecular weight is 421 g/mol. The van der Waals surface area contributed by atoms with Crippen LogP contribution in [0.3, 0.4) is 0 Å². The molecule has 154 valence electrons. The number of para-hydroxylation sites is 1. The Balaban J connectivity index is 1.51. The minimum atomic E-state index is 0.628. The summed E-state index contributed by atoms with van der Waals surface area (Å²) in [6.45, 7) is 5.17. The largest absolute Gasteiger partial charge is 0.493 e. The van der Waals surface area contributed by atoms with Crippen molar-refractivity contribution in [3.8, 4) is 22.1 Å². The number of rotatable bonds is 4. The van der Waals surface area contributed by atoms with Gasteiger partial charge < -0.3 is 9.47 Å². The monoisotopic (exact) mass is 420 g/mol. The Morgan fingerprint density at radius 3 is 2.87 bits per heavy atom. The molecule has 0 amide bonds. The predicted octanol–water partition coefficient (Wildman–Crippen LogP) is 4.41. The van der Waals surface area contributed by atoms with E-state index in [1.54, 1.807) is 18.4 Å². The lowest BCUT2D eigenvalue weighted by molar-refractivity contribution is 0.216. The fourth-order valence-electron chi connectivity index (χ4n) is 3.99. The molecule has 4 aromatic rings. The first-order valence-electron chi connectivity index (χ1n) is 10.0. The van der Waals surface area contributed by atoms with Crippen LogP contribution in [-0.2, 0) is 20.1 Å². The summed E-state index contributed by atoms with van der Waals surface area (Å²) in [5.41, 5.74) is 5.53. The molecule has 0 N–H and O–H groups in total. The van der Waals surface area contributed by atoms with Crippen molar-refractivity contribution in [1.29, 1.82) is 0 Å². The van der Waals surface area contributed by atoms with Crippen molar-refractivity contribution in [2.45, 2.75) is 20.0 Å². The highest BCUT2D eigenvalue weighted by Crippen LogP contribution is 2.40. The molecule has 7 heteroatoms. The number of benzene rings is 2. The maximum atomic E-state index is 6.12. The quantitative estimate of drug-likeness (QED) is 0.490. The van der Waals surface area contributed by atoms with E-state index >= 15 is 0 Å². The number of hydrogen-bond acceptors (Lipinski definition) is 6. The van der Waals surface area contributed by atoms with E-state index in [-0.39, 0.29) is 0 Å². The molecule has 0 aliphatic carbocycles. The lowest BCUT2D eigenvalue weighted by Gasteiger charge is -2.19. The Kier molecular flexibility index (Phi) is 4.92. The fourth-order valence-corrected chi connectivity index (χ4v) is 4.94. The van der Waals surface area contributed by atoms with Gasteiger partial charge in [-0.3, -0.25) is 9.58 Å². The number of fused-ring (bicyclic) bond motifs is 2. The molecule has 1 aliphatic heterocycles. The van der Waals surface area contributed by atoms with Crippen molar-refractivity contribution >= 4 is 21.6 Å². The van der Waals surface area contributed by atoms with E-state index in [2.05, 4.69) is 41.3 Å². The number of aromatic nitrogens is 3. The van der Waals surface area contributed by atoms with Crippen molar-refractivity contribution in [2.24, 2.45) is 7.05 Å². The zero-order valence-electron chi connectivity index (χ0n) is 17.4. The van der Waals surface area contributed by atoms with Crippen LogP contribution < -0.4 is 9.47 Å². The van der Waals surface area contributed by atoms with Crippen LogP contribution in [0.1, 0.15) is 16.8 Å². The van der Waals surface area contributed by atoms with Crippen molar-refractivity contribution in [3.63, 3.8) is 0 Å². The van der Waals surface area contributed by atoms with E-state index in [0.717, 1.165) is 58.5 Å². The van der Waals surface area contributed by atoms with Crippen molar-refractivity contribution in [3.05, 3.63) is 59.4 Å². The van der Waals surface area contributed by atoms with E-state index in [1.807, 2.05) is 29.9 Å². The standard InChI is InChI=1S/C23H24N4O2S/c1-15-18(12-26(2)25-15)14-27-8-9-29-22-17(13-27)10-16(11-20(22)28-3)23-24-19-6-4-5-7-21(19)30-23/h4-7,10-12H,8-9,13-14H2,1-3H3. The van der Waals surface area contributed by atoms with Gasteiger partial charge >= 0.3 is 0 Å². The fraction of sp³-hybridized carbons (Fsp3) is 0.304. The van der Waals surface area contributed by atoms with Crippen LogP contribution in [-0.4, -0.2) is 39.9 Å². The first kappa shape index (κ1) is 19.1. The van der Waals surface area contributed by atoms with Crippen molar-refractivity contribution in [2.75, 3.05) is 20.3 Å². The topological polar surface area (TPSA) is 52.4 Å². The van der Waals surface area contributed by atoms with E-state index in [0.29, 0.717) is 6.61 Å². The summed E-state index contributed by atoms with van der Waals surface area (Å²) in [6, 6.07) is 12.5. The minimum Gasteiger partial charge on any atom is -0.493 e. The van der Waals surface area contributed by atoms with Crippen LogP contribution >= 0.6 is 11.3 Å². The lowest BCUT2D eigenvalue weighted by Crippen LogP contribution is -2.25. The molecule has 3 heterocycles. The van der Waals surface area contributed by atoms with Crippen LogP contribution in [0.5, 0.6) is 11.5 Å². The Morgan fingerprint density at radius 2 is 2.10 bits per heavy atom. The van der Waals surface area contributed by atoms with E-state index < -0.39 is 0 Å². The number of nitrogens with zero attached hydrogens (tertiary/aromatic N) is 4. The van der Waals surface area contributed by atoms with Gasteiger partial charge in [0.25, 0.3) is 0 Å². The van der Waals surface area contributed by atoms with Gasteiger partial charge in [0, 0.05) is 49.6 Å². The van der Waals surface area contributed by atoms with Gasteiger partial charge in [0.1, 0.15) is 11.6 Å². The Morgan fingerprint density at radius 1 is 1.23 bits per heavy atom. The average Bonchev–Trinajstić information content (AvgIpc) is 3.23. The number of hydrogen-bond donors (Lipinski definition) is 0. The van der Waals surface area contributed by atoms with Crippen molar-refractivity contribution < 1.29 is 9.47 Å². The summed E-state index contributed by atoms with van der Waals surface area (Å²) in [5, 5.41) is 5.47. The highest BCUT2D eigenvalue weighted by Gasteiger charge is 2.22. The van der Waals surface area contributed by atoms with Gasteiger partial charge in [0.2, 0.25) is 0 Å².